The minimum Gasteiger partial charge on any atom is -0.449 e. The first-order valence-electron chi connectivity index (χ1n) is 9.17. The van der Waals surface area contributed by atoms with Crippen LogP contribution >= 0.6 is 11.6 Å². The molecule has 0 aliphatic carbocycles. The van der Waals surface area contributed by atoms with Gasteiger partial charge in [-0.05, 0) is 38.1 Å². The summed E-state index contributed by atoms with van der Waals surface area (Å²) in [4.78, 5) is 25.5. The number of fused-ring (bicyclic) bond motifs is 5. The molecular weight excluding hydrogens is 392 g/mol. The second kappa shape index (κ2) is 6.59. The highest BCUT2D eigenvalue weighted by Crippen LogP contribution is 2.37. The van der Waals surface area contributed by atoms with E-state index >= 15 is 0 Å². The third kappa shape index (κ3) is 3.11. The number of carbonyl (C=O) groups is 1. The quantitative estimate of drug-likeness (QED) is 0.430. The number of hydrogen-bond donors (Lipinski definition) is 3. The molecule has 1 aliphatic heterocycles. The van der Waals surface area contributed by atoms with Crippen molar-refractivity contribution in [3.8, 4) is 0 Å². The first-order chi connectivity index (χ1) is 14.0. The van der Waals surface area contributed by atoms with E-state index in [-0.39, 0.29) is 11.9 Å². The number of furan rings is 1. The molecule has 0 saturated carbocycles. The van der Waals surface area contributed by atoms with Gasteiger partial charge in [-0.1, -0.05) is 11.6 Å². The van der Waals surface area contributed by atoms with Crippen molar-refractivity contribution in [1.82, 2.24) is 20.3 Å². The second-order valence-corrected chi connectivity index (χ2v) is 7.40. The van der Waals surface area contributed by atoms with E-state index in [1.807, 2.05) is 31.2 Å². The van der Waals surface area contributed by atoms with E-state index in [0.29, 0.717) is 46.2 Å². The Bertz CT molecular complexity index is 1260. The molecule has 1 unspecified atom stereocenters. The number of carbonyl (C=O) groups excluding carboxylic acids is 1. The summed E-state index contributed by atoms with van der Waals surface area (Å²) >= 11 is 6.01. The number of nitrogens with zero attached hydrogens (tertiary/aromatic N) is 3. The Morgan fingerprint density at radius 1 is 1.17 bits per heavy atom. The Morgan fingerprint density at radius 3 is 2.86 bits per heavy atom. The molecule has 4 heterocycles. The first kappa shape index (κ1) is 17.7. The summed E-state index contributed by atoms with van der Waals surface area (Å²) in [6.07, 6.45) is 0. The Kier molecular flexibility index (Phi) is 4.02. The third-order valence-corrected chi connectivity index (χ3v) is 4.95. The molecule has 146 valence electrons. The van der Waals surface area contributed by atoms with Crippen LogP contribution in [-0.4, -0.2) is 33.4 Å². The van der Waals surface area contributed by atoms with Crippen LogP contribution in [0.5, 0.6) is 0 Å². The monoisotopic (exact) mass is 408 g/mol. The molecule has 0 saturated heterocycles. The zero-order valence-corrected chi connectivity index (χ0v) is 16.5. The summed E-state index contributed by atoms with van der Waals surface area (Å²) < 4.78 is 5.84. The minimum atomic E-state index is -0.218. The van der Waals surface area contributed by atoms with Crippen molar-refractivity contribution in [3.63, 3.8) is 0 Å². The van der Waals surface area contributed by atoms with Gasteiger partial charge in [0.2, 0.25) is 5.76 Å². The number of nitrogens with one attached hydrogen (secondary N) is 3. The largest absolute Gasteiger partial charge is 0.449 e. The standard InChI is InChI=1S/C20H17ClN6O2/c1-9-8-22-18-17-11-3-6-15(27-16-7-14(21)24-10(2)25-16)26-12(11)4-5-13(17)29-19(18)20(28)23-9/h3-7,9,22H,8H2,1-2H3,(H,23,28)(H,24,25,26,27). The van der Waals surface area contributed by atoms with Gasteiger partial charge in [0.05, 0.1) is 16.6 Å². The van der Waals surface area contributed by atoms with Crippen LogP contribution in [0.15, 0.2) is 34.7 Å². The van der Waals surface area contributed by atoms with Crippen LogP contribution in [0.3, 0.4) is 0 Å². The fourth-order valence-electron chi connectivity index (χ4n) is 3.52. The SMILES string of the molecule is Cc1nc(Cl)cc(Nc2ccc3c(ccc4oc5c(c43)NCC(C)NC5=O)n2)n1. The highest BCUT2D eigenvalue weighted by molar-refractivity contribution is 6.29. The fourth-order valence-corrected chi connectivity index (χ4v) is 3.75. The highest BCUT2D eigenvalue weighted by atomic mass is 35.5. The van der Waals surface area contributed by atoms with Gasteiger partial charge in [0.25, 0.3) is 5.91 Å². The van der Waals surface area contributed by atoms with Crippen molar-refractivity contribution in [1.29, 1.82) is 0 Å². The van der Waals surface area contributed by atoms with E-state index in [9.17, 15) is 4.79 Å². The average molecular weight is 409 g/mol. The molecule has 1 atom stereocenters. The van der Waals surface area contributed by atoms with Crippen LogP contribution in [0.4, 0.5) is 17.3 Å². The molecule has 0 spiro atoms. The summed E-state index contributed by atoms with van der Waals surface area (Å²) in [5.41, 5.74) is 2.11. The van der Waals surface area contributed by atoms with Crippen LogP contribution in [0, 0.1) is 6.92 Å². The molecule has 0 bridgehead atoms. The van der Waals surface area contributed by atoms with E-state index < -0.39 is 0 Å². The van der Waals surface area contributed by atoms with Crippen molar-refractivity contribution >= 4 is 56.7 Å². The van der Waals surface area contributed by atoms with Gasteiger partial charge in [-0.3, -0.25) is 4.79 Å². The van der Waals surface area contributed by atoms with Gasteiger partial charge in [-0.25, -0.2) is 15.0 Å². The van der Waals surface area contributed by atoms with Crippen LogP contribution in [-0.2, 0) is 0 Å². The smallest absolute Gasteiger partial charge is 0.289 e. The predicted molar refractivity (Wildman–Crippen MR) is 112 cm³/mol. The van der Waals surface area contributed by atoms with Crippen LogP contribution in [0.1, 0.15) is 23.3 Å². The second-order valence-electron chi connectivity index (χ2n) is 7.01. The number of halogens is 1. The van der Waals surface area contributed by atoms with Crippen LogP contribution < -0.4 is 16.0 Å². The number of rotatable bonds is 2. The molecule has 29 heavy (non-hydrogen) atoms. The summed E-state index contributed by atoms with van der Waals surface area (Å²) in [7, 11) is 0. The van der Waals surface area contributed by atoms with E-state index in [1.54, 1.807) is 13.0 Å². The molecule has 0 radical (unpaired) electrons. The number of aromatic nitrogens is 3. The predicted octanol–water partition coefficient (Wildman–Crippen LogP) is 4.02. The molecule has 8 nitrogen and oxygen atoms in total. The van der Waals surface area contributed by atoms with Gasteiger partial charge in [0, 0.05) is 24.0 Å². The summed E-state index contributed by atoms with van der Waals surface area (Å²) in [6.45, 7) is 4.33. The molecule has 3 aromatic heterocycles. The van der Waals surface area contributed by atoms with Crippen molar-refractivity contribution < 1.29 is 9.21 Å². The lowest BCUT2D eigenvalue weighted by Crippen LogP contribution is -2.34. The third-order valence-electron chi connectivity index (χ3n) is 4.75. The summed E-state index contributed by atoms with van der Waals surface area (Å²) in [6, 6.07) is 9.14. The van der Waals surface area contributed by atoms with Crippen molar-refractivity contribution in [2.24, 2.45) is 0 Å². The zero-order valence-electron chi connectivity index (χ0n) is 15.7. The van der Waals surface area contributed by atoms with E-state index in [4.69, 9.17) is 16.0 Å². The summed E-state index contributed by atoms with van der Waals surface area (Å²) in [5.74, 6) is 1.84. The van der Waals surface area contributed by atoms with Crippen molar-refractivity contribution in [3.05, 3.63) is 47.1 Å². The molecule has 9 heteroatoms. The Labute approximate surface area is 170 Å². The average Bonchev–Trinajstić information content (AvgIpc) is 2.98. The van der Waals surface area contributed by atoms with Gasteiger partial charge in [0.1, 0.15) is 28.2 Å². The van der Waals surface area contributed by atoms with Crippen LogP contribution in [0.2, 0.25) is 5.15 Å². The number of hydrogen-bond acceptors (Lipinski definition) is 7. The number of amides is 1. The lowest BCUT2D eigenvalue weighted by molar-refractivity contribution is 0.0920. The molecule has 5 rings (SSSR count). The number of aryl methyl sites for hydroxylation is 1. The number of anilines is 3. The fraction of sp³-hybridized carbons (Fsp3) is 0.200. The van der Waals surface area contributed by atoms with Crippen molar-refractivity contribution in [2.45, 2.75) is 19.9 Å². The lowest BCUT2D eigenvalue weighted by atomic mass is 10.1. The molecule has 1 aromatic carbocycles. The van der Waals surface area contributed by atoms with Gasteiger partial charge < -0.3 is 20.4 Å². The molecule has 4 aromatic rings. The molecule has 1 aliphatic rings. The van der Waals surface area contributed by atoms with E-state index in [0.717, 1.165) is 16.3 Å². The normalized spacial score (nSPS) is 16.2. The highest BCUT2D eigenvalue weighted by Gasteiger charge is 2.26. The number of benzene rings is 1. The van der Waals surface area contributed by atoms with Gasteiger partial charge in [0.15, 0.2) is 0 Å². The molecular formula is C20H17ClN6O2. The van der Waals surface area contributed by atoms with E-state index in [2.05, 4.69) is 30.9 Å². The maximum Gasteiger partial charge on any atom is 0.289 e. The maximum atomic E-state index is 12.4. The lowest BCUT2D eigenvalue weighted by Gasteiger charge is -2.10. The Morgan fingerprint density at radius 2 is 2.03 bits per heavy atom. The van der Waals surface area contributed by atoms with Gasteiger partial charge >= 0.3 is 0 Å². The minimum absolute atomic E-state index is 0.00666. The molecule has 1 amide bonds. The van der Waals surface area contributed by atoms with Crippen LogP contribution in [0.25, 0.3) is 21.9 Å². The Balaban J connectivity index is 1.61. The Hall–Kier alpha value is -3.39. The van der Waals surface area contributed by atoms with Gasteiger partial charge in [-0.2, -0.15) is 0 Å². The maximum absolute atomic E-state index is 12.4. The van der Waals surface area contributed by atoms with E-state index in [1.165, 1.54) is 0 Å². The molecule has 0 fully saturated rings. The first-order valence-corrected chi connectivity index (χ1v) is 9.55. The zero-order chi connectivity index (χ0) is 20.1. The summed E-state index contributed by atoms with van der Waals surface area (Å²) in [5, 5.41) is 11.5. The van der Waals surface area contributed by atoms with Gasteiger partial charge in [-0.15, -0.1) is 0 Å². The topological polar surface area (TPSA) is 105 Å². The molecule has 3 N–H and O–H groups in total. The van der Waals surface area contributed by atoms with Crippen molar-refractivity contribution in [2.75, 3.05) is 17.2 Å². The number of pyridine rings is 1.